The number of esters is 3. The van der Waals surface area contributed by atoms with Crippen LogP contribution in [0.2, 0.25) is 0 Å². The van der Waals surface area contributed by atoms with Crippen LogP contribution in [0.3, 0.4) is 0 Å². The number of hydrogen-bond acceptors (Lipinski definition) is 8. The molecule has 0 unspecified atom stereocenters. The number of unbranched alkanes of at least 4 members (excludes halogenated alkanes) is 4. The topological polar surface area (TPSA) is 108 Å². The van der Waals surface area contributed by atoms with Crippen LogP contribution in [0.15, 0.2) is 0 Å². The minimum absolute atomic E-state index is 0.00571. The van der Waals surface area contributed by atoms with Crippen molar-refractivity contribution in [3.8, 4) is 0 Å². The zero-order chi connectivity index (χ0) is 35.5. The van der Waals surface area contributed by atoms with Gasteiger partial charge in [-0.2, -0.15) is 0 Å². The zero-order valence-electron chi connectivity index (χ0n) is 31.5. The van der Waals surface area contributed by atoms with Crippen LogP contribution in [0.5, 0.6) is 0 Å². The van der Waals surface area contributed by atoms with Gasteiger partial charge in [-0.25, -0.2) is 4.79 Å². The van der Waals surface area contributed by atoms with Gasteiger partial charge < -0.3 is 23.8 Å². The molecule has 280 valence electrons. The Morgan fingerprint density at radius 3 is 1.71 bits per heavy atom. The molecule has 6 fully saturated rings. The van der Waals surface area contributed by atoms with Crippen molar-refractivity contribution in [1.29, 1.82) is 0 Å². The molecule has 4 aliphatic carbocycles. The van der Waals surface area contributed by atoms with Crippen molar-refractivity contribution in [1.82, 2.24) is 4.90 Å². The second kappa shape index (κ2) is 17.7. The molecule has 0 aromatic carbocycles. The average Bonchev–Trinajstić information content (AvgIpc) is 3.05. The van der Waals surface area contributed by atoms with E-state index in [1.165, 1.54) is 70.6 Å². The Labute approximate surface area is 296 Å². The summed E-state index contributed by atoms with van der Waals surface area (Å²) in [5.74, 6) is 0.476. The molecule has 0 N–H and O–H groups in total. The number of piperidine rings is 2. The smallest absolute Gasteiger partial charge is 0.410 e. The largest absolute Gasteiger partial charge is 0.466 e. The Balaban J connectivity index is 1.22. The fraction of sp³-hybridized carbons (Fsp3) is 0.900. The summed E-state index contributed by atoms with van der Waals surface area (Å²) in [6.07, 6.45) is 19.0. The standard InChI is InChI=1S/C40H67NO8/c1-6-8-10-12-31(13-11-9-7-2)19-23-46-33(42)14-15-34(43)47-29-39-25-40(26-39,28-41(27-39)36(45)49-37(3,4)5)30-48-35(44)24-38-20-16-32(17-21-38)18-22-38/h31-32H,6-30H2,1-5H3. The first-order valence-corrected chi connectivity index (χ1v) is 19.7. The van der Waals surface area contributed by atoms with Gasteiger partial charge in [0.2, 0.25) is 0 Å². The summed E-state index contributed by atoms with van der Waals surface area (Å²) in [4.78, 5) is 53.2. The van der Waals surface area contributed by atoms with E-state index in [1.807, 2.05) is 20.8 Å². The molecular formula is C40H67NO8. The monoisotopic (exact) mass is 689 g/mol. The van der Waals surface area contributed by atoms with E-state index in [4.69, 9.17) is 18.9 Å². The van der Waals surface area contributed by atoms with Crippen LogP contribution in [-0.2, 0) is 33.3 Å². The second-order valence-corrected chi connectivity index (χ2v) is 17.5. The van der Waals surface area contributed by atoms with Crippen LogP contribution >= 0.6 is 0 Å². The van der Waals surface area contributed by atoms with Crippen molar-refractivity contribution in [3.05, 3.63) is 0 Å². The predicted molar refractivity (Wildman–Crippen MR) is 189 cm³/mol. The van der Waals surface area contributed by atoms with Gasteiger partial charge in [0, 0.05) is 23.9 Å². The molecule has 4 saturated carbocycles. The third-order valence-corrected chi connectivity index (χ3v) is 11.8. The number of carbonyl (C=O) groups is 4. The van der Waals surface area contributed by atoms with Crippen LogP contribution in [-0.4, -0.2) is 67.4 Å². The molecule has 0 aromatic rings. The lowest BCUT2D eigenvalue weighted by molar-refractivity contribution is -0.194. The highest BCUT2D eigenvalue weighted by atomic mass is 16.6. The highest BCUT2D eigenvalue weighted by Gasteiger charge is 2.62. The lowest BCUT2D eigenvalue weighted by atomic mass is 9.50. The second-order valence-electron chi connectivity index (χ2n) is 17.5. The van der Waals surface area contributed by atoms with E-state index < -0.39 is 23.1 Å². The highest BCUT2D eigenvalue weighted by Crippen LogP contribution is 2.59. The molecule has 0 aromatic heterocycles. The van der Waals surface area contributed by atoms with Gasteiger partial charge in [0.15, 0.2) is 0 Å². The molecule has 9 heteroatoms. The molecule has 2 aliphatic heterocycles. The highest BCUT2D eigenvalue weighted by molar-refractivity contribution is 5.77. The number of carbonyl (C=O) groups excluding carboxylic acids is 4. The lowest BCUT2D eigenvalue weighted by Crippen LogP contribution is -2.67. The molecule has 0 spiro atoms. The lowest BCUT2D eigenvalue weighted by Gasteiger charge is -2.62. The van der Waals surface area contributed by atoms with Crippen molar-refractivity contribution >= 4 is 24.0 Å². The van der Waals surface area contributed by atoms with Gasteiger partial charge in [0.1, 0.15) is 5.60 Å². The molecule has 2 saturated heterocycles. The van der Waals surface area contributed by atoms with E-state index in [-0.39, 0.29) is 48.8 Å². The van der Waals surface area contributed by atoms with E-state index in [1.54, 1.807) is 4.90 Å². The number of ether oxygens (including phenoxy) is 4. The molecule has 1 amide bonds. The summed E-state index contributed by atoms with van der Waals surface area (Å²) in [6.45, 7) is 11.6. The first-order valence-electron chi connectivity index (χ1n) is 19.7. The molecule has 6 aliphatic rings. The molecular weight excluding hydrogens is 622 g/mol. The van der Waals surface area contributed by atoms with E-state index in [2.05, 4.69) is 13.8 Å². The molecule has 9 nitrogen and oxygen atoms in total. The molecule has 6 rings (SSSR count). The maximum absolute atomic E-state index is 13.2. The van der Waals surface area contributed by atoms with Crippen molar-refractivity contribution in [2.24, 2.45) is 28.1 Å². The number of rotatable bonds is 20. The Kier molecular flexibility index (Phi) is 14.3. The van der Waals surface area contributed by atoms with E-state index >= 15 is 0 Å². The summed E-state index contributed by atoms with van der Waals surface area (Å²) >= 11 is 0. The summed E-state index contributed by atoms with van der Waals surface area (Å²) in [6, 6.07) is 0. The van der Waals surface area contributed by atoms with Gasteiger partial charge in [-0.1, -0.05) is 65.2 Å². The number of hydrogen-bond donors (Lipinski definition) is 0. The third kappa shape index (κ3) is 12.2. The maximum atomic E-state index is 13.2. The number of nitrogens with zero attached hydrogens (tertiary/aromatic N) is 1. The minimum Gasteiger partial charge on any atom is -0.466 e. The fourth-order valence-corrected chi connectivity index (χ4v) is 9.29. The maximum Gasteiger partial charge on any atom is 0.410 e. The summed E-state index contributed by atoms with van der Waals surface area (Å²) in [5.41, 5.74) is -1.35. The van der Waals surface area contributed by atoms with Crippen LogP contribution in [0.25, 0.3) is 0 Å². The van der Waals surface area contributed by atoms with Crippen molar-refractivity contribution in [2.45, 2.75) is 169 Å². The molecule has 0 atom stereocenters. The number of amides is 1. The normalized spacial score (nSPS) is 27.4. The Bertz CT molecular complexity index is 1070. The zero-order valence-corrected chi connectivity index (χ0v) is 31.5. The molecule has 4 bridgehead atoms. The van der Waals surface area contributed by atoms with Gasteiger partial charge >= 0.3 is 24.0 Å². The summed E-state index contributed by atoms with van der Waals surface area (Å²) in [7, 11) is 0. The van der Waals surface area contributed by atoms with E-state index in [0.717, 1.165) is 31.6 Å². The SMILES string of the molecule is CCCCCC(CCCCC)CCOC(=O)CCC(=O)OCC12CN(C(=O)OC(C)(C)C)CC(COC(=O)CC34CCC(CC3)CC4)(C1)C2. The van der Waals surface area contributed by atoms with Gasteiger partial charge in [-0.3, -0.25) is 14.4 Å². The first kappa shape index (κ1) is 39.5. The summed E-state index contributed by atoms with van der Waals surface area (Å²) < 4.78 is 22.9. The van der Waals surface area contributed by atoms with Crippen molar-refractivity contribution in [3.63, 3.8) is 0 Å². The number of fused-ring (bicyclic) bond motifs is 5. The van der Waals surface area contributed by atoms with Gasteiger partial charge in [0.25, 0.3) is 0 Å². The van der Waals surface area contributed by atoms with Crippen molar-refractivity contribution in [2.75, 3.05) is 32.9 Å². The molecule has 49 heavy (non-hydrogen) atoms. The van der Waals surface area contributed by atoms with Crippen LogP contribution in [0.1, 0.15) is 163 Å². The Hall–Kier alpha value is -2.32. The summed E-state index contributed by atoms with van der Waals surface area (Å²) in [5, 5.41) is 0. The van der Waals surface area contributed by atoms with E-state index in [9.17, 15) is 19.2 Å². The first-order chi connectivity index (χ1) is 23.3. The molecule has 2 heterocycles. The molecule has 0 radical (unpaired) electrons. The quantitative estimate of drug-likeness (QED) is 0.0708. The van der Waals surface area contributed by atoms with Crippen LogP contribution in [0, 0.1) is 28.1 Å². The Morgan fingerprint density at radius 1 is 0.694 bits per heavy atom. The Morgan fingerprint density at radius 2 is 1.20 bits per heavy atom. The van der Waals surface area contributed by atoms with Gasteiger partial charge in [0.05, 0.1) is 39.1 Å². The van der Waals surface area contributed by atoms with Crippen LogP contribution in [0.4, 0.5) is 4.79 Å². The van der Waals surface area contributed by atoms with Crippen molar-refractivity contribution < 1.29 is 38.1 Å². The minimum atomic E-state index is -0.643. The van der Waals surface area contributed by atoms with Gasteiger partial charge in [-0.05, 0) is 95.8 Å². The van der Waals surface area contributed by atoms with E-state index in [0.29, 0.717) is 44.9 Å². The third-order valence-electron chi connectivity index (χ3n) is 11.8. The predicted octanol–water partition coefficient (Wildman–Crippen LogP) is 8.94. The average molecular weight is 690 g/mol. The van der Waals surface area contributed by atoms with Crippen LogP contribution < -0.4 is 0 Å². The van der Waals surface area contributed by atoms with Gasteiger partial charge in [-0.15, -0.1) is 0 Å². The fourth-order valence-electron chi connectivity index (χ4n) is 9.29.